The highest BCUT2D eigenvalue weighted by atomic mass is 16.5. The summed E-state index contributed by atoms with van der Waals surface area (Å²) in [6.07, 6.45) is 4.26. The van der Waals surface area contributed by atoms with Gasteiger partial charge >= 0.3 is 0 Å². The molecule has 2 aliphatic rings. The van der Waals surface area contributed by atoms with Crippen molar-refractivity contribution in [3.63, 3.8) is 0 Å². The molecule has 1 saturated heterocycles. The van der Waals surface area contributed by atoms with Crippen LogP contribution in [0.15, 0.2) is 47.1 Å². The fourth-order valence-corrected chi connectivity index (χ4v) is 4.23. The quantitative estimate of drug-likeness (QED) is 0.904. The molecule has 1 fully saturated rings. The zero-order chi connectivity index (χ0) is 18.9. The van der Waals surface area contributed by atoms with E-state index >= 15 is 0 Å². The molecule has 2 amide bonds. The summed E-state index contributed by atoms with van der Waals surface area (Å²) in [6.45, 7) is 1.24. The summed E-state index contributed by atoms with van der Waals surface area (Å²) in [7, 11) is 1.67. The summed E-state index contributed by atoms with van der Waals surface area (Å²) in [5.41, 5.74) is 0.772. The monoisotopic (exact) mass is 368 g/mol. The molecule has 142 valence electrons. The van der Waals surface area contributed by atoms with E-state index in [2.05, 4.69) is 5.32 Å². The van der Waals surface area contributed by atoms with Crippen LogP contribution < -0.4 is 10.1 Å². The second kappa shape index (κ2) is 7.10. The summed E-state index contributed by atoms with van der Waals surface area (Å²) >= 11 is 0. The Labute approximate surface area is 158 Å². The highest BCUT2D eigenvalue weighted by Crippen LogP contribution is 2.46. The normalized spacial score (nSPS) is 20.6. The highest BCUT2D eigenvalue weighted by molar-refractivity contribution is 5.91. The number of fused-ring (bicyclic) bond motifs is 1. The van der Waals surface area contributed by atoms with E-state index in [1.165, 1.54) is 6.26 Å². The average molecular weight is 368 g/mol. The van der Waals surface area contributed by atoms with E-state index < -0.39 is 0 Å². The van der Waals surface area contributed by atoms with Gasteiger partial charge in [-0.05, 0) is 30.2 Å². The van der Waals surface area contributed by atoms with Gasteiger partial charge in [-0.1, -0.05) is 18.2 Å². The minimum Gasteiger partial charge on any atom is -0.487 e. The molecule has 27 heavy (non-hydrogen) atoms. The van der Waals surface area contributed by atoms with Crippen LogP contribution >= 0.6 is 0 Å². The van der Waals surface area contributed by atoms with Gasteiger partial charge in [-0.25, -0.2) is 0 Å². The SMILES string of the molecule is CNC(=O)C[C@@H]1CC2(CCN(C(=O)c3ccco3)CC2)Oc2ccccc21. The minimum atomic E-state index is -0.326. The Morgan fingerprint density at radius 3 is 2.67 bits per heavy atom. The number of furan rings is 1. The maximum atomic E-state index is 12.5. The molecule has 1 N–H and O–H groups in total. The standard InChI is InChI=1S/C21H24N2O4/c1-22-19(24)13-15-14-21(27-17-6-3-2-5-16(15)17)8-10-23(11-9-21)20(25)18-7-4-12-26-18/h2-7,12,15H,8-11,13-14H2,1H3,(H,22,24)/t15-/m1/s1. The third-order valence-corrected chi connectivity index (χ3v) is 5.71. The maximum absolute atomic E-state index is 12.5. The van der Waals surface area contributed by atoms with Gasteiger partial charge in [0.25, 0.3) is 5.91 Å². The number of benzene rings is 1. The van der Waals surface area contributed by atoms with Crippen LogP contribution in [0.5, 0.6) is 5.75 Å². The third kappa shape index (κ3) is 3.44. The van der Waals surface area contributed by atoms with Crippen molar-refractivity contribution in [1.82, 2.24) is 10.2 Å². The maximum Gasteiger partial charge on any atom is 0.289 e. The molecule has 6 heteroatoms. The number of rotatable bonds is 3. The van der Waals surface area contributed by atoms with E-state index in [-0.39, 0.29) is 23.3 Å². The molecule has 0 saturated carbocycles. The van der Waals surface area contributed by atoms with Crippen molar-refractivity contribution in [3.8, 4) is 5.75 Å². The lowest BCUT2D eigenvalue weighted by atomic mass is 9.76. The van der Waals surface area contributed by atoms with Gasteiger partial charge in [-0.15, -0.1) is 0 Å². The van der Waals surface area contributed by atoms with Crippen LogP contribution in [0.25, 0.3) is 0 Å². The van der Waals surface area contributed by atoms with Gasteiger partial charge in [0.1, 0.15) is 11.4 Å². The minimum absolute atomic E-state index is 0.0392. The molecule has 1 atom stereocenters. The lowest BCUT2D eigenvalue weighted by molar-refractivity contribution is -0.121. The number of nitrogens with zero attached hydrogens (tertiary/aromatic N) is 1. The number of carbonyl (C=O) groups excluding carboxylic acids is 2. The molecule has 3 heterocycles. The lowest BCUT2D eigenvalue weighted by Gasteiger charge is -2.46. The topological polar surface area (TPSA) is 71.8 Å². The van der Waals surface area contributed by atoms with E-state index in [0.717, 1.165) is 30.6 Å². The van der Waals surface area contributed by atoms with Gasteiger partial charge in [0.15, 0.2) is 5.76 Å². The second-order valence-electron chi connectivity index (χ2n) is 7.37. The Morgan fingerprint density at radius 1 is 1.19 bits per heavy atom. The van der Waals surface area contributed by atoms with Crippen molar-refractivity contribution in [2.24, 2.45) is 0 Å². The average Bonchev–Trinajstić information content (AvgIpc) is 3.23. The van der Waals surface area contributed by atoms with Gasteiger partial charge in [-0.3, -0.25) is 9.59 Å². The number of likely N-dealkylation sites (tertiary alicyclic amines) is 1. The molecule has 1 aromatic carbocycles. The van der Waals surface area contributed by atoms with Crippen molar-refractivity contribution in [1.29, 1.82) is 0 Å². The number of amides is 2. The van der Waals surface area contributed by atoms with Gasteiger partial charge < -0.3 is 19.4 Å². The lowest BCUT2D eigenvalue weighted by Crippen LogP contribution is -2.52. The number of carbonyl (C=O) groups is 2. The Balaban J connectivity index is 1.51. The smallest absolute Gasteiger partial charge is 0.289 e. The number of nitrogens with one attached hydrogen (secondary N) is 1. The summed E-state index contributed by atoms with van der Waals surface area (Å²) in [5.74, 6) is 1.33. The van der Waals surface area contributed by atoms with Crippen molar-refractivity contribution in [2.75, 3.05) is 20.1 Å². The molecular weight excluding hydrogens is 344 g/mol. The van der Waals surface area contributed by atoms with Crippen molar-refractivity contribution < 1.29 is 18.7 Å². The first kappa shape index (κ1) is 17.6. The van der Waals surface area contributed by atoms with Gasteiger partial charge in [0.2, 0.25) is 5.91 Å². The molecule has 0 bridgehead atoms. The summed E-state index contributed by atoms with van der Waals surface area (Å²) < 4.78 is 11.7. The van der Waals surface area contributed by atoms with E-state index in [1.807, 2.05) is 29.2 Å². The van der Waals surface area contributed by atoms with Crippen LogP contribution in [-0.4, -0.2) is 42.5 Å². The zero-order valence-electron chi connectivity index (χ0n) is 15.4. The molecule has 1 spiro atoms. The summed E-state index contributed by atoms with van der Waals surface area (Å²) in [4.78, 5) is 26.4. The summed E-state index contributed by atoms with van der Waals surface area (Å²) in [6, 6.07) is 11.4. The Bertz CT molecular complexity index is 822. The first-order valence-electron chi connectivity index (χ1n) is 9.41. The Kier molecular flexibility index (Phi) is 4.64. The predicted molar refractivity (Wildman–Crippen MR) is 99.7 cm³/mol. The van der Waals surface area contributed by atoms with Crippen LogP contribution in [0.2, 0.25) is 0 Å². The van der Waals surface area contributed by atoms with Gasteiger partial charge in [0.05, 0.1) is 6.26 Å². The number of piperidine rings is 1. The third-order valence-electron chi connectivity index (χ3n) is 5.71. The largest absolute Gasteiger partial charge is 0.487 e. The molecular formula is C21H24N2O4. The van der Waals surface area contributed by atoms with Crippen LogP contribution in [-0.2, 0) is 4.79 Å². The van der Waals surface area contributed by atoms with Crippen LogP contribution in [0.4, 0.5) is 0 Å². The Morgan fingerprint density at radius 2 is 1.96 bits per heavy atom. The van der Waals surface area contributed by atoms with Crippen LogP contribution in [0.1, 0.15) is 47.7 Å². The number of hydrogen-bond acceptors (Lipinski definition) is 4. The number of para-hydroxylation sites is 1. The number of ether oxygens (including phenoxy) is 1. The molecule has 0 aliphatic carbocycles. The fraction of sp³-hybridized carbons (Fsp3) is 0.429. The van der Waals surface area contributed by atoms with Crippen LogP contribution in [0.3, 0.4) is 0 Å². The zero-order valence-corrected chi connectivity index (χ0v) is 15.4. The first-order valence-corrected chi connectivity index (χ1v) is 9.41. The Hall–Kier alpha value is -2.76. The molecule has 2 aromatic rings. The molecule has 2 aliphatic heterocycles. The van der Waals surface area contributed by atoms with E-state index in [4.69, 9.17) is 9.15 Å². The van der Waals surface area contributed by atoms with E-state index in [9.17, 15) is 9.59 Å². The highest BCUT2D eigenvalue weighted by Gasteiger charge is 2.44. The van der Waals surface area contributed by atoms with Crippen molar-refractivity contribution >= 4 is 11.8 Å². The van der Waals surface area contributed by atoms with E-state index in [0.29, 0.717) is 25.3 Å². The molecule has 1 aromatic heterocycles. The second-order valence-corrected chi connectivity index (χ2v) is 7.37. The summed E-state index contributed by atoms with van der Waals surface area (Å²) in [5, 5.41) is 2.73. The van der Waals surface area contributed by atoms with Gasteiger partial charge in [-0.2, -0.15) is 0 Å². The molecule has 0 radical (unpaired) electrons. The molecule has 0 unspecified atom stereocenters. The molecule has 6 nitrogen and oxygen atoms in total. The van der Waals surface area contributed by atoms with Crippen molar-refractivity contribution in [2.45, 2.75) is 37.2 Å². The predicted octanol–water partition coefficient (Wildman–Crippen LogP) is 2.96. The fourth-order valence-electron chi connectivity index (χ4n) is 4.23. The van der Waals surface area contributed by atoms with Crippen LogP contribution in [0, 0.1) is 0 Å². The first-order chi connectivity index (χ1) is 13.1. The van der Waals surface area contributed by atoms with Gasteiger partial charge in [0, 0.05) is 45.3 Å². The number of hydrogen-bond donors (Lipinski definition) is 1. The van der Waals surface area contributed by atoms with E-state index in [1.54, 1.807) is 19.2 Å². The van der Waals surface area contributed by atoms with Crippen molar-refractivity contribution in [3.05, 3.63) is 54.0 Å². The molecule has 4 rings (SSSR count).